The quantitative estimate of drug-likeness (QED) is 0.825. The van der Waals surface area contributed by atoms with Crippen molar-refractivity contribution < 1.29 is 18.4 Å². The molecule has 0 radical (unpaired) electrons. The van der Waals surface area contributed by atoms with Gasteiger partial charge in [-0.05, 0) is 31.0 Å². The number of fused-ring (bicyclic) bond motifs is 1. The van der Waals surface area contributed by atoms with Crippen molar-refractivity contribution >= 4 is 22.7 Å². The third-order valence-corrected chi connectivity index (χ3v) is 4.64. The molecule has 138 valence electrons. The van der Waals surface area contributed by atoms with Crippen molar-refractivity contribution in [1.29, 1.82) is 0 Å². The number of halogens is 2. The largest absolute Gasteiger partial charge is 0.345 e. The van der Waals surface area contributed by atoms with E-state index in [1.807, 2.05) is 18.2 Å². The van der Waals surface area contributed by atoms with E-state index in [0.29, 0.717) is 12.1 Å². The molecule has 5 nitrogen and oxygen atoms in total. The molecule has 1 fully saturated rings. The molecule has 2 aromatic rings. The summed E-state index contributed by atoms with van der Waals surface area (Å²) in [5, 5.41) is 3.94. The number of alkyl halides is 2. The minimum absolute atomic E-state index is 0.186. The van der Waals surface area contributed by atoms with Gasteiger partial charge in [0.2, 0.25) is 12.3 Å². The lowest BCUT2D eigenvalue weighted by Gasteiger charge is -2.25. The summed E-state index contributed by atoms with van der Waals surface area (Å²) < 4.78 is 24.5. The van der Waals surface area contributed by atoms with Crippen molar-refractivity contribution in [3.8, 4) is 0 Å². The smallest absolute Gasteiger partial charge is 0.251 e. The van der Waals surface area contributed by atoms with Crippen LogP contribution in [0.3, 0.4) is 0 Å². The number of nitrogens with one attached hydrogen (secondary N) is 1. The van der Waals surface area contributed by atoms with Crippen LogP contribution in [0, 0.1) is 0 Å². The fourth-order valence-electron chi connectivity index (χ4n) is 2.96. The highest BCUT2D eigenvalue weighted by molar-refractivity contribution is 5.98. The zero-order valence-electron chi connectivity index (χ0n) is 14.5. The van der Waals surface area contributed by atoms with Gasteiger partial charge in [0.05, 0.1) is 11.1 Å². The number of pyridine rings is 1. The molecule has 0 bridgehead atoms. The Morgan fingerprint density at radius 2 is 2.08 bits per heavy atom. The number of aromatic nitrogens is 1. The van der Waals surface area contributed by atoms with Crippen molar-refractivity contribution in [3.05, 3.63) is 42.1 Å². The molecule has 1 aromatic carbocycles. The average Bonchev–Trinajstić information content (AvgIpc) is 3.37. The Bertz CT molecular complexity index is 821. The number of nitrogens with zero attached hydrogens (tertiary/aromatic N) is 2. The molecule has 0 atom stereocenters. The van der Waals surface area contributed by atoms with Crippen LogP contribution in [0.2, 0.25) is 0 Å². The summed E-state index contributed by atoms with van der Waals surface area (Å²) >= 11 is 0. The summed E-state index contributed by atoms with van der Waals surface area (Å²) in [5.41, 5.74) is 0.782. The molecular formula is C19H21F2N3O2. The van der Waals surface area contributed by atoms with Crippen LogP contribution in [0.4, 0.5) is 8.78 Å². The molecule has 2 amide bonds. The SMILES string of the molecule is CN(CC1(NC(=O)c2ccc3cccnc3c2)CC1)C(=O)CCC(F)F. The van der Waals surface area contributed by atoms with Gasteiger partial charge >= 0.3 is 0 Å². The summed E-state index contributed by atoms with van der Waals surface area (Å²) in [4.78, 5) is 30.2. The van der Waals surface area contributed by atoms with E-state index in [4.69, 9.17) is 0 Å². The molecule has 1 aromatic heterocycles. The molecule has 1 N–H and O–H groups in total. The fraction of sp³-hybridized carbons (Fsp3) is 0.421. The number of amides is 2. The van der Waals surface area contributed by atoms with Gasteiger partial charge in [0.15, 0.2) is 0 Å². The first kappa shape index (κ1) is 18.2. The summed E-state index contributed by atoms with van der Waals surface area (Å²) in [5.74, 6) is -0.552. The summed E-state index contributed by atoms with van der Waals surface area (Å²) in [7, 11) is 1.58. The van der Waals surface area contributed by atoms with Crippen LogP contribution in [0.15, 0.2) is 36.5 Å². The second kappa shape index (κ2) is 7.35. The van der Waals surface area contributed by atoms with Crippen molar-refractivity contribution in [1.82, 2.24) is 15.2 Å². The van der Waals surface area contributed by atoms with E-state index in [-0.39, 0.29) is 18.2 Å². The molecular weight excluding hydrogens is 340 g/mol. The van der Waals surface area contributed by atoms with Crippen LogP contribution in [0.25, 0.3) is 10.9 Å². The van der Waals surface area contributed by atoms with E-state index in [1.165, 1.54) is 4.90 Å². The van der Waals surface area contributed by atoms with Crippen LogP contribution in [-0.2, 0) is 4.79 Å². The summed E-state index contributed by atoms with van der Waals surface area (Å²) in [6.07, 6.45) is 0.0881. The molecule has 0 saturated heterocycles. The molecule has 1 saturated carbocycles. The molecule has 3 rings (SSSR count). The highest BCUT2D eigenvalue weighted by Gasteiger charge is 2.45. The Morgan fingerprint density at radius 1 is 1.31 bits per heavy atom. The number of benzene rings is 1. The highest BCUT2D eigenvalue weighted by Crippen LogP contribution is 2.36. The maximum atomic E-state index is 12.6. The van der Waals surface area contributed by atoms with E-state index in [9.17, 15) is 18.4 Å². The van der Waals surface area contributed by atoms with E-state index in [1.54, 1.807) is 25.4 Å². The predicted octanol–water partition coefficient (Wildman–Crippen LogP) is 3.00. The Kier molecular flexibility index (Phi) is 5.15. The van der Waals surface area contributed by atoms with Crippen molar-refractivity contribution in [3.63, 3.8) is 0 Å². The van der Waals surface area contributed by atoms with Gasteiger partial charge in [-0.2, -0.15) is 0 Å². The van der Waals surface area contributed by atoms with Gasteiger partial charge in [-0.3, -0.25) is 14.6 Å². The minimum atomic E-state index is -2.48. The van der Waals surface area contributed by atoms with Gasteiger partial charge in [-0.1, -0.05) is 12.1 Å². The normalized spacial score (nSPS) is 15.1. The van der Waals surface area contributed by atoms with Crippen LogP contribution < -0.4 is 5.32 Å². The Labute approximate surface area is 150 Å². The summed E-state index contributed by atoms with van der Waals surface area (Å²) in [6.45, 7) is 0.326. The second-order valence-electron chi connectivity index (χ2n) is 6.82. The third-order valence-electron chi connectivity index (χ3n) is 4.64. The Balaban J connectivity index is 1.61. The Hall–Kier alpha value is -2.57. The van der Waals surface area contributed by atoms with Crippen molar-refractivity contribution in [2.75, 3.05) is 13.6 Å². The van der Waals surface area contributed by atoms with Crippen LogP contribution >= 0.6 is 0 Å². The minimum Gasteiger partial charge on any atom is -0.345 e. The van der Waals surface area contributed by atoms with E-state index in [2.05, 4.69) is 10.3 Å². The first-order valence-electron chi connectivity index (χ1n) is 8.58. The van der Waals surface area contributed by atoms with Gasteiger partial charge in [0, 0.05) is 43.6 Å². The molecule has 1 heterocycles. The lowest BCUT2D eigenvalue weighted by Crippen LogP contribution is -2.46. The monoisotopic (exact) mass is 361 g/mol. The maximum Gasteiger partial charge on any atom is 0.251 e. The number of carbonyl (C=O) groups is 2. The fourth-order valence-corrected chi connectivity index (χ4v) is 2.96. The van der Waals surface area contributed by atoms with Gasteiger partial charge in [-0.25, -0.2) is 8.78 Å². The van der Waals surface area contributed by atoms with E-state index in [0.717, 1.165) is 23.7 Å². The lowest BCUT2D eigenvalue weighted by atomic mass is 10.1. The average molecular weight is 361 g/mol. The highest BCUT2D eigenvalue weighted by atomic mass is 19.3. The Morgan fingerprint density at radius 3 is 2.77 bits per heavy atom. The third kappa shape index (κ3) is 4.33. The number of hydrogen-bond donors (Lipinski definition) is 1. The number of hydrogen-bond acceptors (Lipinski definition) is 3. The van der Waals surface area contributed by atoms with E-state index < -0.39 is 18.4 Å². The topological polar surface area (TPSA) is 62.3 Å². The maximum absolute atomic E-state index is 12.6. The molecule has 0 unspecified atom stereocenters. The van der Waals surface area contributed by atoms with Crippen LogP contribution in [0.5, 0.6) is 0 Å². The lowest BCUT2D eigenvalue weighted by molar-refractivity contribution is -0.131. The number of likely N-dealkylation sites (N-methyl/N-ethyl adjacent to an activating group) is 1. The summed E-state index contributed by atoms with van der Waals surface area (Å²) in [6, 6.07) is 9.08. The first-order chi connectivity index (χ1) is 12.4. The molecule has 7 heteroatoms. The van der Waals surface area contributed by atoms with Crippen molar-refractivity contribution in [2.24, 2.45) is 0 Å². The molecule has 0 spiro atoms. The standard InChI is InChI=1S/C19H21F2N3O2/c1-24(17(25)7-6-16(20)21)12-19(8-9-19)23-18(26)14-5-4-13-3-2-10-22-15(13)11-14/h2-5,10-11,16H,6-9,12H2,1H3,(H,23,26). The van der Waals surface area contributed by atoms with Gasteiger partial charge in [0.1, 0.15) is 0 Å². The van der Waals surface area contributed by atoms with Crippen LogP contribution in [-0.4, -0.2) is 47.3 Å². The number of carbonyl (C=O) groups excluding carboxylic acids is 2. The molecule has 0 aliphatic heterocycles. The van der Waals surface area contributed by atoms with Gasteiger partial charge in [0.25, 0.3) is 5.91 Å². The molecule has 1 aliphatic rings. The zero-order valence-corrected chi connectivity index (χ0v) is 14.5. The van der Waals surface area contributed by atoms with Crippen molar-refractivity contribution in [2.45, 2.75) is 37.6 Å². The van der Waals surface area contributed by atoms with Crippen LogP contribution in [0.1, 0.15) is 36.0 Å². The number of rotatable bonds is 7. The zero-order chi connectivity index (χ0) is 18.7. The molecule has 26 heavy (non-hydrogen) atoms. The van der Waals surface area contributed by atoms with Gasteiger partial charge in [-0.15, -0.1) is 0 Å². The van der Waals surface area contributed by atoms with E-state index >= 15 is 0 Å². The first-order valence-corrected chi connectivity index (χ1v) is 8.58. The second-order valence-corrected chi connectivity index (χ2v) is 6.82. The predicted molar refractivity (Wildman–Crippen MR) is 94.0 cm³/mol. The van der Waals surface area contributed by atoms with Gasteiger partial charge < -0.3 is 10.2 Å². The molecule has 1 aliphatic carbocycles.